The standard InChI is InChI=1S/C15H20N2O3/c1-9-4-3-5-11(9)8-16-14(18)13-7-6-12(15(19)20)10(2)17-13/h6-7,9,11H,3-5,8H2,1-2H3,(H,16,18)(H,19,20). The lowest BCUT2D eigenvalue weighted by Crippen LogP contribution is -2.31. The van der Waals surface area contributed by atoms with Crippen molar-refractivity contribution in [3.63, 3.8) is 0 Å². The Bertz CT molecular complexity index is 528. The SMILES string of the molecule is Cc1nc(C(=O)NCC2CCCC2C)ccc1C(=O)O. The average molecular weight is 276 g/mol. The zero-order valence-corrected chi connectivity index (χ0v) is 11.8. The minimum absolute atomic E-state index is 0.131. The first-order valence-corrected chi connectivity index (χ1v) is 6.98. The third kappa shape index (κ3) is 3.15. The van der Waals surface area contributed by atoms with Crippen molar-refractivity contribution in [1.82, 2.24) is 10.3 Å². The van der Waals surface area contributed by atoms with E-state index in [9.17, 15) is 9.59 Å². The van der Waals surface area contributed by atoms with Crippen LogP contribution in [0.25, 0.3) is 0 Å². The van der Waals surface area contributed by atoms with E-state index in [0.29, 0.717) is 24.1 Å². The van der Waals surface area contributed by atoms with E-state index >= 15 is 0 Å². The molecule has 2 atom stereocenters. The highest BCUT2D eigenvalue weighted by molar-refractivity contribution is 5.94. The third-order valence-electron chi connectivity index (χ3n) is 4.11. The lowest BCUT2D eigenvalue weighted by molar-refractivity contribution is 0.0694. The number of aryl methyl sites for hydroxylation is 1. The van der Waals surface area contributed by atoms with Crippen LogP contribution in [0.5, 0.6) is 0 Å². The van der Waals surface area contributed by atoms with Gasteiger partial charge in [-0.1, -0.05) is 19.8 Å². The summed E-state index contributed by atoms with van der Waals surface area (Å²) < 4.78 is 0. The lowest BCUT2D eigenvalue weighted by Gasteiger charge is -2.15. The molecule has 1 aromatic heterocycles. The highest BCUT2D eigenvalue weighted by Crippen LogP contribution is 2.30. The van der Waals surface area contributed by atoms with Crippen LogP contribution in [0.1, 0.15) is 52.7 Å². The fourth-order valence-corrected chi connectivity index (χ4v) is 2.75. The predicted octanol–water partition coefficient (Wildman–Crippen LogP) is 2.25. The predicted molar refractivity (Wildman–Crippen MR) is 74.8 cm³/mol. The molecule has 0 aliphatic heterocycles. The van der Waals surface area contributed by atoms with Gasteiger partial charge in [-0.05, 0) is 37.3 Å². The topological polar surface area (TPSA) is 79.3 Å². The second-order valence-corrected chi connectivity index (χ2v) is 5.51. The van der Waals surface area contributed by atoms with Crippen molar-refractivity contribution in [2.45, 2.75) is 33.1 Å². The third-order valence-corrected chi connectivity index (χ3v) is 4.11. The molecule has 0 saturated heterocycles. The van der Waals surface area contributed by atoms with Gasteiger partial charge in [-0.25, -0.2) is 9.78 Å². The number of pyridine rings is 1. The fourth-order valence-electron chi connectivity index (χ4n) is 2.75. The number of hydrogen-bond donors (Lipinski definition) is 2. The molecule has 1 amide bonds. The molecule has 0 spiro atoms. The Kier molecular flexibility index (Phi) is 4.37. The second kappa shape index (κ2) is 6.03. The normalized spacial score (nSPS) is 21.7. The number of rotatable bonds is 4. The molecule has 1 heterocycles. The molecule has 2 N–H and O–H groups in total. The fraction of sp³-hybridized carbons (Fsp3) is 0.533. The lowest BCUT2D eigenvalue weighted by atomic mass is 9.98. The number of carbonyl (C=O) groups excluding carboxylic acids is 1. The van der Waals surface area contributed by atoms with Crippen molar-refractivity contribution in [2.75, 3.05) is 6.54 Å². The molecule has 0 radical (unpaired) electrons. The summed E-state index contributed by atoms with van der Waals surface area (Å²) in [5, 5.41) is 11.8. The van der Waals surface area contributed by atoms with Gasteiger partial charge in [0.1, 0.15) is 5.69 Å². The number of nitrogens with one attached hydrogen (secondary N) is 1. The smallest absolute Gasteiger partial charge is 0.337 e. The molecule has 1 aliphatic rings. The largest absolute Gasteiger partial charge is 0.478 e. The van der Waals surface area contributed by atoms with Gasteiger partial charge in [0.2, 0.25) is 0 Å². The van der Waals surface area contributed by atoms with E-state index in [1.807, 2.05) is 0 Å². The van der Waals surface area contributed by atoms with Crippen molar-refractivity contribution < 1.29 is 14.7 Å². The molecule has 108 valence electrons. The van der Waals surface area contributed by atoms with E-state index in [-0.39, 0.29) is 17.2 Å². The van der Waals surface area contributed by atoms with Gasteiger partial charge in [-0.15, -0.1) is 0 Å². The van der Waals surface area contributed by atoms with Gasteiger partial charge in [0, 0.05) is 6.54 Å². The zero-order chi connectivity index (χ0) is 14.7. The van der Waals surface area contributed by atoms with Crippen molar-refractivity contribution in [3.05, 3.63) is 29.1 Å². The van der Waals surface area contributed by atoms with Gasteiger partial charge in [-0.3, -0.25) is 4.79 Å². The number of carboxylic acid groups (broad SMARTS) is 1. The molecule has 2 rings (SSSR count). The highest BCUT2D eigenvalue weighted by atomic mass is 16.4. The Morgan fingerprint density at radius 2 is 2.15 bits per heavy atom. The second-order valence-electron chi connectivity index (χ2n) is 5.51. The van der Waals surface area contributed by atoms with Crippen LogP contribution in [-0.4, -0.2) is 28.5 Å². The van der Waals surface area contributed by atoms with Gasteiger partial charge < -0.3 is 10.4 Å². The van der Waals surface area contributed by atoms with E-state index in [0.717, 1.165) is 6.42 Å². The molecule has 1 fully saturated rings. The summed E-state index contributed by atoms with van der Waals surface area (Å²) >= 11 is 0. The average Bonchev–Trinajstić information content (AvgIpc) is 2.81. The zero-order valence-electron chi connectivity index (χ0n) is 11.8. The van der Waals surface area contributed by atoms with Crippen LogP contribution >= 0.6 is 0 Å². The summed E-state index contributed by atoms with van der Waals surface area (Å²) in [4.78, 5) is 27.0. The minimum Gasteiger partial charge on any atom is -0.478 e. The van der Waals surface area contributed by atoms with E-state index in [1.165, 1.54) is 25.0 Å². The van der Waals surface area contributed by atoms with E-state index < -0.39 is 5.97 Å². The molecule has 0 aromatic carbocycles. The van der Waals surface area contributed by atoms with Crippen LogP contribution in [0.2, 0.25) is 0 Å². The summed E-state index contributed by atoms with van der Waals surface area (Å²) in [7, 11) is 0. The summed E-state index contributed by atoms with van der Waals surface area (Å²) in [6.45, 7) is 4.48. The van der Waals surface area contributed by atoms with Crippen molar-refractivity contribution in [1.29, 1.82) is 0 Å². The molecular weight excluding hydrogens is 256 g/mol. The number of hydrogen-bond acceptors (Lipinski definition) is 3. The first-order valence-electron chi connectivity index (χ1n) is 6.98. The first-order chi connectivity index (χ1) is 9.49. The van der Waals surface area contributed by atoms with Gasteiger partial charge in [0.25, 0.3) is 5.91 Å². The van der Waals surface area contributed by atoms with Crippen LogP contribution in [-0.2, 0) is 0 Å². The monoisotopic (exact) mass is 276 g/mol. The molecule has 20 heavy (non-hydrogen) atoms. The van der Waals surface area contributed by atoms with Gasteiger partial charge in [-0.2, -0.15) is 0 Å². The molecule has 5 heteroatoms. The number of nitrogens with zero attached hydrogens (tertiary/aromatic N) is 1. The quantitative estimate of drug-likeness (QED) is 0.884. The van der Waals surface area contributed by atoms with Crippen LogP contribution in [0.4, 0.5) is 0 Å². The van der Waals surface area contributed by atoms with E-state index in [4.69, 9.17) is 5.11 Å². The molecule has 0 bridgehead atoms. The van der Waals surface area contributed by atoms with Crippen LogP contribution < -0.4 is 5.32 Å². The van der Waals surface area contributed by atoms with Crippen molar-refractivity contribution >= 4 is 11.9 Å². The molecular formula is C15H20N2O3. The summed E-state index contributed by atoms with van der Waals surface area (Å²) in [6.07, 6.45) is 3.61. The maximum absolute atomic E-state index is 12.0. The Morgan fingerprint density at radius 3 is 2.70 bits per heavy atom. The summed E-state index contributed by atoms with van der Waals surface area (Å²) in [5.74, 6) is -0.0661. The molecule has 5 nitrogen and oxygen atoms in total. The number of aromatic carboxylic acids is 1. The summed E-state index contributed by atoms with van der Waals surface area (Å²) in [5.41, 5.74) is 0.767. The molecule has 1 saturated carbocycles. The number of carboxylic acids is 1. The molecule has 1 aromatic rings. The highest BCUT2D eigenvalue weighted by Gasteiger charge is 2.24. The van der Waals surface area contributed by atoms with E-state index in [2.05, 4.69) is 17.2 Å². The number of aromatic nitrogens is 1. The van der Waals surface area contributed by atoms with Gasteiger partial charge in [0.05, 0.1) is 11.3 Å². The Balaban J connectivity index is 1.99. The van der Waals surface area contributed by atoms with Crippen molar-refractivity contribution in [3.8, 4) is 0 Å². The molecule has 2 unspecified atom stereocenters. The van der Waals surface area contributed by atoms with E-state index in [1.54, 1.807) is 6.92 Å². The van der Waals surface area contributed by atoms with Crippen LogP contribution in [0.15, 0.2) is 12.1 Å². The maximum atomic E-state index is 12.0. The van der Waals surface area contributed by atoms with Crippen LogP contribution in [0, 0.1) is 18.8 Å². The molecule has 1 aliphatic carbocycles. The first kappa shape index (κ1) is 14.5. The Labute approximate surface area is 118 Å². The Hall–Kier alpha value is -1.91. The van der Waals surface area contributed by atoms with Gasteiger partial charge >= 0.3 is 5.97 Å². The summed E-state index contributed by atoms with van der Waals surface area (Å²) in [6, 6.07) is 2.89. The van der Waals surface area contributed by atoms with Crippen LogP contribution in [0.3, 0.4) is 0 Å². The number of carbonyl (C=O) groups is 2. The van der Waals surface area contributed by atoms with Gasteiger partial charge in [0.15, 0.2) is 0 Å². The number of amides is 1. The Morgan fingerprint density at radius 1 is 1.40 bits per heavy atom. The minimum atomic E-state index is -1.03. The maximum Gasteiger partial charge on any atom is 0.337 e. The van der Waals surface area contributed by atoms with Crippen molar-refractivity contribution in [2.24, 2.45) is 11.8 Å².